The highest BCUT2D eigenvalue weighted by atomic mass is 35.5. The molecule has 4 nitrogen and oxygen atoms in total. The molecule has 0 fully saturated rings. The van der Waals surface area contributed by atoms with Gasteiger partial charge in [-0.05, 0) is 47.4 Å². The molecule has 29 heavy (non-hydrogen) atoms. The molecule has 5 heteroatoms. The van der Waals surface area contributed by atoms with Crippen LogP contribution in [-0.2, 0) is 13.0 Å². The summed E-state index contributed by atoms with van der Waals surface area (Å²) in [5.41, 5.74) is 2.75. The molecule has 1 heterocycles. The molecule has 0 saturated heterocycles. The summed E-state index contributed by atoms with van der Waals surface area (Å²) in [6.45, 7) is 0.337. The van der Waals surface area contributed by atoms with E-state index in [0.29, 0.717) is 29.0 Å². The van der Waals surface area contributed by atoms with E-state index in [1.54, 1.807) is 12.1 Å². The van der Waals surface area contributed by atoms with Gasteiger partial charge in [0.1, 0.15) is 11.1 Å². The summed E-state index contributed by atoms with van der Waals surface area (Å²) < 4.78 is 5.35. The lowest BCUT2D eigenvalue weighted by Gasteiger charge is -2.07. The fourth-order valence-corrected chi connectivity index (χ4v) is 3.38. The third-order valence-corrected chi connectivity index (χ3v) is 5.06. The van der Waals surface area contributed by atoms with E-state index in [2.05, 4.69) is 5.32 Å². The average molecular weight is 404 g/mol. The molecule has 0 atom stereocenters. The molecule has 0 spiro atoms. The summed E-state index contributed by atoms with van der Waals surface area (Å²) in [6.07, 6.45) is 0.643. The van der Waals surface area contributed by atoms with Crippen LogP contribution in [0.5, 0.6) is 0 Å². The number of benzene rings is 3. The van der Waals surface area contributed by atoms with Crippen molar-refractivity contribution in [3.8, 4) is 0 Å². The fourth-order valence-electron chi connectivity index (χ4n) is 3.18. The van der Waals surface area contributed by atoms with Gasteiger partial charge >= 0.3 is 5.63 Å². The van der Waals surface area contributed by atoms with Gasteiger partial charge in [0.2, 0.25) is 0 Å². The number of hydrogen-bond acceptors (Lipinski definition) is 3. The number of fused-ring (bicyclic) bond motifs is 1. The van der Waals surface area contributed by atoms with E-state index in [-0.39, 0.29) is 5.56 Å². The fraction of sp³-hybridized carbons (Fsp3) is 0.0833. The van der Waals surface area contributed by atoms with Crippen LogP contribution in [0.4, 0.5) is 0 Å². The highest BCUT2D eigenvalue weighted by Crippen LogP contribution is 2.22. The Bertz CT molecular complexity index is 1230. The van der Waals surface area contributed by atoms with E-state index in [4.69, 9.17) is 16.0 Å². The van der Waals surface area contributed by atoms with Gasteiger partial charge in [-0.2, -0.15) is 0 Å². The Labute approximate surface area is 172 Å². The molecule has 0 aliphatic rings. The number of nitrogens with one attached hydrogen (secondary N) is 1. The lowest BCUT2D eigenvalue weighted by molar-refractivity contribution is 0.0947. The molecule has 4 rings (SSSR count). The zero-order chi connectivity index (χ0) is 20.2. The van der Waals surface area contributed by atoms with Crippen molar-refractivity contribution in [2.24, 2.45) is 0 Å². The van der Waals surface area contributed by atoms with Crippen LogP contribution in [0.2, 0.25) is 5.02 Å². The Hall–Kier alpha value is -3.37. The lowest BCUT2D eigenvalue weighted by atomic mass is 10.0. The van der Waals surface area contributed by atoms with Gasteiger partial charge in [0.05, 0.1) is 0 Å². The first-order chi connectivity index (χ1) is 14.1. The molecule has 3 aromatic carbocycles. The van der Waals surface area contributed by atoms with E-state index in [1.807, 2.05) is 66.7 Å². The summed E-state index contributed by atoms with van der Waals surface area (Å²) in [7, 11) is 0. The highest BCUT2D eigenvalue weighted by molar-refractivity contribution is 6.31. The van der Waals surface area contributed by atoms with E-state index in [0.717, 1.165) is 16.7 Å². The largest absolute Gasteiger partial charge is 0.422 e. The summed E-state index contributed by atoms with van der Waals surface area (Å²) in [6, 6.07) is 24.3. The van der Waals surface area contributed by atoms with Crippen molar-refractivity contribution in [2.45, 2.75) is 13.0 Å². The smallest absolute Gasteiger partial charge is 0.349 e. The molecular weight excluding hydrogens is 386 g/mol. The van der Waals surface area contributed by atoms with Gasteiger partial charge in [0.15, 0.2) is 0 Å². The zero-order valence-electron chi connectivity index (χ0n) is 15.5. The van der Waals surface area contributed by atoms with Crippen LogP contribution in [0, 0.1) is 0 Å². The monoisotopic (exact) mass is 403 g/mol. The lowest BCUT2D eigenvalue weighted by Crippen LogP contribution is -2.27. The van der Waals surface area contributed by atoms with Gasteiger partial charge in [-0.25, -0.2) is 4.79 Å². The molecule has 0 aliphatic carbocycles. The van der Waals surface area contributed by atoms with Crippen LogP contribution >= 0.6 is 11.6 Å². The van der Waals surface area contributed by atoms with E-state index in [9.17, 15) is 9.59 Å². The van der Waals surface area contributed by atoms with Gasteiger partial charge in [0.25, 0.3) is 5.91 Å². The summed E-state index contributed by atoms with van der Waals surface area (Å²) in [5, 5.41) is 4.16. The topological polar surface area (TPSA) is 59.3 Å². The van der Waals surface area contributed by atoms with Crippen LogP contribution in [0.15, 0.2) is 88.1 Å². The van der Waals surface area contributed by atoms with Crippen molar-refractivity contribution in [1.29, 1.82) is 0 Å². The van der Waals surface area contributed by atoms with E-state index in [1.165, 1.54) is 0 Å². The summed E-state index contributed by atoms with van der Waals surface area (Å²) in [5.74, 6) is -0.457. The second-order valence-electron chi connectivity index (χ2n) is 6.76. The van der Waals surface area contributed by atoms with Crippen LogP contribution < -0.4 is 10.9 Å². The third kappa shape index (κ3) is 4.39. The van der Waals surface area contributed by atoms with Crippen molar-refractivity contribution in [2.75, 3.05) is 0 Å². The molecule has 1 N–H and O–H groups in total. The van der Waals surface area contributed by atoms with Crippen LogP contribution in [-0.4, -0.2) is 5.91 Å². The number of carbonyl (C=O) groups excluding carboxylic acids is 1. The molecule has 144 valence electrons. The molecule has 0 aliphatic heterocycles. The zero-order valence-corrected chi connectivity index (χ0v) is 16.3. The van der Waals surface area contributed by atoms with Gasteiger partial charge in [-0.3, -0.25) is 4.79 Å². The Morgan fingerprint density at radius 1 is 0.897 bits per heavy atom. The van der Waals surface area contributed by atoms with Crippen molar-refractivity contribution >= 4 is 28.5 Å². The molecular formula is C24H18ClNO3. The summed E-state index contributed by atoms with van der Waals surface area (Å²) in [4.78, 5) is 24.8. The first-order valence-corrected chi connectivity index (χ1v) is 9.60. The predicted molar refractivity (Wildman–Crippen MR) is 114 cm³/mol. The number of amides is 1. The molecule has 1 aromatic heterocycles. The standard InChI is InChI=1S/C24H18ClNO3/c25-21-9-5-4-8-18(21)12-17-10-11-22-19(13-17)14-20(24(28)29-22)23(27)26-15-16-6-2-1-3-7-16/h1-11,13-14H,12,15H2,(H,26,27). The molecule has 0 saturated carbocycles. The second-order valence-corrected chi connectivity index (χ2v) is 7.16. The molecule has 0 radical (unpaired) electrons. The van der Waals surface area contributed by atoms with Crippen molar-refractivity contribution in [1.82, 2.24) is 5.32 Å². The first kappa shape index (κ1) is 19.0. The minimum absolute atomic E-state index is 0.0108. The molecule has 0 bridgehead atoms. The van der Waals surface area contributed by atoms with Crippen LogP contribution in [0.25, 0.3) is 11.0 Å². The first-order valence-electron chi connectivity index (χ1n) is 9.22. The van der Waals surface area contributed by atoms with Crippen LogP contribution in [0.3, 0.4) is 0 Å². The van der Waals surface area contributed by atoms with E-state index < -0.39 is 11.5 Å². The maximum atomic E-state index is 12.5. The normalized spacial score (nSPS) is 10.8. The SMILES string of the molecule is O=C(NCc1ccccc1)c1cc2cc(Cc3ccccc3Cl)ccc2oc1=O. The number of halogens is 1. The number of hydrogen-bond donors (Lipinski definition) is 1. The number of rotatable bonds is 5. The van der Waals surface area contributed by atoms with Crippen molar-refractivity contribution in [3.63, 3.8) is 0 Å². The van der Waals surface area contributed by atoms with E-state index >= 15 is 0 Å². The minimum atomic E-state index is -0.651. The predicted octanol–water partition coefficient (Wildman–Crippen LogP) is 4.97. The Kier molecular flexibility index (Phi) is 5.45. The van der Waals surface area contributed by atoms with Gasteiger partial charge in [0, 0.05) is 17.0 Å². The molecule has 1 amide bonds. The van der Waals surface area contributed by atoms with Gasteiger partial charge < -0.3 is 9.73 Å². The Morgan fingerprint density at radius 3 is 2.45 bits per heavy atom. The molecule has 4 aromatic rings. The molecule has 0 unspecified atom stereocenters. The maximum Gasteiger partial charge on any atom is 0.349 e. The number of carbonyl (C=O) groups is 1. The van der Waals surface area contributed by atoms with Gasteiger partial charge in [-0.1, -0.05) is 66.2 Å². The Balaban J connectivity index is 1.59. The van der Waals surface area contributed by atoms with Crippen molar-refractivity contribution in [3.05, 3.63) is 117 Å². The Morgan fingerprint density at radius 2 is 1.66 bits per heavy atom. The minimum Gasteiger partial charge on any atom is -0.422 e. The average Bonchev–Trinajstić information content (AvgIpc) is 2.74. The van der Waals surface area contributed by atoms with Crippen molar-refractivity contribution < 1.29 is 9.21 Å². The maximum absolute atomic E-state index is 12.5. The van der Waals surface area contributed by atoms with Crippen LogP contribution in [0.1, 0.15) is 27.0 Å². The second kappa shape index (κ2) is 8.33. The van der Waals surface area contributed by atoms with Gasteiger partial charge in [-0.15, -0.1) is 0 Å². The quantitative estimate of drug-likeness (QED) is 0.479. The third-order valence-electron chi connectivity index (χ3n) is 4.69. The summed E-state index contributed by atoms with van der Waals surface area (Å²) >= 11 is 6.25. The highest BCUT2D eigenvalue weighted by Gasteiger charge is 2.14.